The van der Waals surface area contributed by atoms with E-state index in [4.69, 9.17) is 4.74 Å². The molecule has 1 spiro atoms. The molecule has 5 nitrogen and oxygen atoms in total. The number of aromatic nitrogens is 1. The number of likely N-dealkylation sites (tertiary alicyclic amines) is 2. The van der Waals surface area contributed by atoms with Crippen molar-refractivity contribution >= 4 is 5.91 Å². The summed E-state index contributed by atoms with van der Waals surface area (Å²) in [6, 6.07) is 4.67. The molecule has 0 N–H and O–H groups in total. The monoisotopic (exact) mass is 357 g/mol. The minimum absolute atomic E-state index is 0.217. The van der Waals surface area contributed by atoms with Crippen molar-refractivity contribution in [3.63, 3.8) is 0 Å². The topological polar surface area (TPSA) is 45.7 Å². The van der Waals surface area contributed by atoms with Gasteiger partial charge in [-0.25, -0.2) is 0 Å². The van der Waals surface area contributed by atoms with Crippen LogP contribution in [0.15, 0.2) is 24.5 Å². The average Bonchev–Trinajstić information content (AvgIpc) is 3.40. The van der Waals surface area contributed by atoms with Crippen molar-refractivity contribution in [3.8, 4) is 0 Å². The van der Waals surface area contributed by atoms with Crippen LogP contribution in [0.4, 0.5) is 0 Å². The summed E-state index contributed by atoms with van der Waals surface area (Å²) in [4.78, 5) is 20.6. The Hall–Kier alpha value is -1.46. The number of nitrogens with zero attached hydrogens (tertiary/aromatic N) is 3. The summed E-state index contributed by atoms with van der Waals surface area (Å²) in [5.74, 6) is 1.03. The average molecular weight is 357 g/mol. The molecule has 1 saturated carbocycles. The fourth-order valence-electron chi connectivity index (χ4n) is 4.64. The zero-order chi connectivity index (χ0) is 18.0. The van der Waals surface area contributed by atoms with E-state index in [9.17, 15) is 4.79 Å². The molecule has 4 rings (SSSR count). The molecule has 26 heavy (non-hydrogen) atoms. The summed E-state index contributed by atoms with van der Waals surface area (Å²) in [7, 11) is 0. The van der Waals surface area contributed by atoms with Gasteiger partial charge in [-0.2, -0.15) is 0 Å². The first-order valence-electron chi connectivity index (χ1n) is 10.1. The van der Waals surface area contributed by atoms with Crippen LogP contribution < -0.4 is 0 Å². The third kappa shape index (κ3) is 4.26. The third-order valence-electron chi connectivity index (χ3n) is 6.46. The fourth-order valence-corrected chi connectivity index (χ4v) is 4.64. The van der Waals surface area contributed by atoms with E-state index in [1.54, 1.807) is 6.92 Å². The normalized spacial score (nSPS) is 25.7. The largest absolute Gasteiger partial charge is 0.380 e. The van der Waals surface area contributed by atoms with Gasteiger partial charge in [0.1, 0.15) is 0 Å². The van der Waals surface area contributed by atoms with Crippen LogP contribution >= 0.6 is 0 Å². The van der Waals surface area contributed by atoms with E-state index in [0.29, 0.717) is 11.5 Å². The van der Waals surface area contributed by atoms with E-state index in [0.717, 1.165) is 58.2 Å². The maximum Gasteiger partial charge on any atom is 0.219 e. The SMILES string of the molecule is CC(=O)N1CCC2(CC1)C[C@H](COCC1CC1)N(Cc1cccnc1)C2. The molecule has 142 valence electrons. The smallest absolute Gasteiger partial charge is 0.219 e. The van der Waals surface area contributed by atoms with Gasteiger partial charge in [-0.3, -0.25) is 14.7 Å². The minimum atomic E-state index is 0.217. The molecule has 0 aromatic carbocycles. The fraction of sp³-hybridized carbons (Fsp3) is 0.714. The van der Waals surface area contributed by atoms with Crippen molar-refractivity contribution in [2.45, 2.75) is 51.6 Å². The number of carbonyl (C=O) groups excluding carboxylic acids is 1. The van der Waals surface area contributed by atoms with Gasteiger partial charge in [0.05, 0.1) is 6.61 Å². The quantitative estimate of drug-likeness (QED) is 0.785. The molecule has 0 bridgehead atoms. The summed E-state index contributed by atoms with van der Waals surface area (Å²) < 4.78 is 6.08. The van der Waals surface area contributed by atoms with Crippen LogP contribution in [-0.4, -0.2) is 59.6 Å². The lowest BCUT2D eigenvalue weighted by atomic mass is 9.76. The maximum atomic E-state index is 11.7. The van der Waals surface area contributed by atoms with Crippen LogP contribution in [-0.2, 0) is 16.1 Å². The van der Waals surface area contributed by atoms with Gasteiger partial charge in [-0.15, -0.1) is 0 Å². The molecule has 2 aliphatic heterocycles. The lowest BCUT2D eigenvalue weighted by molar-refractivity contribution is -0.131. The molecule has 1 aromatic rings. The molecule has 1 amide bonds. The Morgan fingerprint density at radius 3 is 2.77 bits per heavy atom. The number of amides is 1. The predicted octanol–water partition coefficient (Wildman–Crippen LogP) is 2.71. The van der Waals surface area contributed by atoms with E-state index in [-0.39, 0.29) is 5.91 Å². The molecular formula is C21H31N3O2. The lowest BCUT2D eigenvalue weighted by Gasteiger charge is -2.39. The van der Waals surface area contributed by atoms with Gasteiger partial charge in [-0.05, 0) is 55.1 Å². The minimum Gasteiger partial charge on any atom is -0.380 e. The van der Waals surface area contributed by atoms with Crippen molar-refractivity contribution in [1.29, 1.82) is 0 Å². The van der Waals surface area contributed by atoms with Crippen molar-refractivity contribution in [1.82, 2.24) is 14.8 Å². The summed E-state index contributed by atoms with van der Waals surface area (Å²) in [6.07, 6.45) is 9.94. The van der Waals surface area contributed by atoms with Crippen LogP contribution in [0, 0.1) is 11.3 Å². The van der Waals surface area contributed by atoms with Gasteiger partial charge >= 0.3 is 0 Å². The number of rotatable bonds is 6. The molecule has 2 saturated heterocycles. The number of hydrogen-bond acceptors (Lipinski definition) is 4. The van der Waals surface area contributed by atoms with Gasteiger partial charge < -0.3 is 9.64 Å². The first-order valence-corrected chi connectivity index (χ1v) is 10.1. The van der Waals surface area contributed by atoms with E-state index in [2.05, 4.69) is 16.0 Å². The summed E-state index contributed by atoms with van der Waals surface area (Å²) in [5.41, 5.74) is 1.62. The van der Waals surface area contributed by atoms with Crippen LogP contribution in [0.1, 0.15) is 44.6 Å². The first kappa shape index (κ1) is 17.9. The van der Waals surface area contributed by atoms with Gasteiger partial charge in [0, 0.05) is 58.1 Å². The standard InChI is InChI=1S/C21H31N3O2/c1-17(25)23-9-6-21(7-10-23)11-20(15-26-14-18-4-5-18)24(16-21)13-19-3-2-8-22-12-19/h2-3,8,12,18,20H,4-7,9-11,13-16H2,1H3/t20-/m1/s1. The maximum absolute atomic E-state index is 11.7. The summed E-state index contributed by atoms with van der Waals surface area (Å²) in [5, 5.41) is 0. The van der Waals surface area contributed by atoms with Crippen LogP contribution in [0.3, 0.4) is 0 Å². The molecule has 3 aliphatic rings. The second kappa shape index (κ2) is 7.65. The van der Waals surface area contributed by atoms with E-state index >= 15 is 0 Å². The zero-order valence-electron chi connectivity index (χ0n) is 15.9. The van der Waals surface area contributed by atoms with E-state index in [1.165, 1.54) is 24.8 Å². The Balaban J connectivity index is 1.40. The van der Waals surface area contributed by atoms with Gasteiger partial charge in [0.2, 0.25) is 5.91 Å². The summed E-state index contributed by atoms with van der Waals surface area (Å²) in [6.45, 7) is 7.35. The Bertz CT molecular complexity index is 609. The highest BCUT2D eigenvalue weighted by molar-refractivity contribution is 5.73. The number of piperidine rings is 1. The Kier molecular flexibility index (Phi) is 5.28. The van der Waals surface area contributed by atoms with Crippen LogP contribution in [0.2, 0.25) is 0 Å². The van der Waals surface area contributed by atoms with Crippen LogP contribution in [0.5, 0.6) is 0 Å². The van der Waals surface area contributed by atoms with Crippen LogP contribution in [0.25, 0.3) is 0 Å². The third-order valence-corrected chi connectivity index (χ3v) is 6.46. The van der Waals surface area contributed by atoms with Gasteiger partial charge in [0.25, 0.3) is 0 Å². The number of pyridine rings is 1. The van der Waals surface area contributed by atoms with Crippen molar-refractivity contribution in [2.24, 2.45) is 11.3 Å². The van der Waals surface area contributed by atoms with E-state index < -0.39 is 0 Å². The molecule has 0 unspecified atom stereocenters. The molecule has 0 radical (unpaired) electrons. The van der Waals surface area contributed by atoms with E-state index in [1.807, 2.05) is 23.4 Å². The van der Waals surface area contributed by atoms with Gasteiger partial charge in [0.15, 0.2) is 0 Å². The number of hydrogen-bond donors (Lipinski definition) is 0. The first-order chi connectivity index (χ1) is 12.6. The highest BCUT2D eigenvalue weighted by Crippen LogP contribution is 2.44. The molecule has 5 heteroatoms. The predicted molar refractivity (Wildman–Crippen MR) is 101 cm³/mol. The highest BCUT2D eigenvalue weighted by atomic mass is 16.5. The number of carbonyl (C=O) groups is 1. The molecule has 1 aromatic heterocycles. The van der Waals surface area contributed by atoms with Crippen molar-refractivity contribution < 1.29 is 9.53 Å². The molecule has 3 fully saturated rings. The molecule has 3 heterocycles. The Morgan fingerprint density at radius 1 is 1.31 bits per heavy atom. The highest BCUT2D eigenvalue weighted by Gasteiger charge is 2.45. The molecular weight excluding hydrogens is 326 g/mol. The van der Waals surface area contributed by atoms with Crippen molar-refractivity contribution in [2.75, 3.05) is 32.8 Å². The Labute approximate surface area is 156 Å². The Morgan fingerprint density at radius 2 is 2.12 bits per heavy atom. The van der Waals surface area contributed by atoms with Gasteiger partial charge in [-0.1, -0.05) is 6.07 Å². The zero-order valence-corrected chi connectivity index (χ0v) is 15.9. The number of ether oxygens (including phenoxy) is 1. The molecule has 1 aliphatic carbocycles. The lowest BCUT2D eigenvalue weighted by Crippen LogP contribution is -2.43. The molecule has 1 atom stereocenters. The second-order valence-corrected chi connectivity index (χ2v) is 8.61. The second-order valence-electron chi connectivity index (χ2n) is 8.61. The van der Waals surface area contributed by atoms with Crippen molar-refractivity contribution in [3.05, 3.63) is 30.1 Å². The summed E-state index contributed by atoms with van der Waals surface area (Å²) >= 11 is 0.